The van der Waals surface area contributed by atoms with Gasteiger partial charge in [0.15, 0.2) is 11.5 Å². The van der Waals surface area contributed by atoms with E-state index in [1.54, 1.807) is 7.11 Å². The van der Waals surface area contributed by atoms with E-state index in [1.165, 1.54) is 31.2 Å². The Kier molecular flexibility index (Phi) is 6.82. The molecular weight excluding hydrogens is 410 g/mol. The van der Waals surface area contributed by atoms with Gasteiger partial charge in [0.2, 0.25) is 0 Å². The Morgan fingerprint density at radius 2 is 1.88 bits per heavy atom. The van der Waals surface area contributed by atoms with Crippen molar-refractivity contribution < 1.29 is 14.2 Å². The normalized spacial score (nSPS) is 25.2. The van der Waals surface area contributed by atoms with Crippen LogP contribution in [0.5, 0.6) is 11.5 Å². The van der Waals surface area contributed by atoms with E-state index in [-0.39, 0.29) is 17.6 Å². The predicted octanol–water partition coefficient (Wildman–Crippen LogP) is 6.62. The number of benzene rings is 1. The molecule has 0 aliphatic heterocycles. The molecule has 0 spiro atoms. The maximum absolute atomic E-state index is 6.69. The van der Waals surface area contributed by atoms with Gasteiger partial charge in [0.1, 0.15) is 0 Å². The molecule has 0 amide bonds. The molecule has 33 heavy (non-hydrogen) atoms. The number of ether oxygens (including phenoxy) is 3. The summed E-state index contributed by atoms with van der Waals surface area (Å²) in [6.45, 7) is 0.735. The third kappa shape index (κ3) is 5.33. The van der Waals surface area contributed by atoms with E-state index >= 15 is 0 Å². The zero-order valence-electron chi connectivity index (χ0n) is 19.6. The standard InChI is InChI=1S/C29H35NO3/c1-31-26-12-11-23(19-28(26)33-25-9-5-2-6-10-25)27(18-22-13-16-30-17-14-22)32-21-29-15-7-3-4-8-24(29)20-29/h4,7-8,11-17,19,24-25,27H,2-3,5-6,9-10,18,20-21H2,1H3. The van der Waals surface area contributed by atoms with Gasteiger partial charge in [-0.3, -0.25) is 4.98 Å². The summed E-state index contributed by atoms with van der Waals surface area (Å²) in [6.07, 6.45) is 22.3. The minimum absolute atomic E-state index is 0.0525. The minimum atomic E-state index is -0.0525. The van der Waals surface area contributed by atoms with E-state index in [1.807, 2.05) is 18.5 Å². The quantitative estimate of drug-likeness (QED) is 0.407. The highest BCUT2D eigenvalue weighted by Gasteiger charge is 2.51. The van der Waals surface area contributed by atoms with Crippen LogP contribution in [-0.4, -0.2) is 24.8 Å². The Morgan fingerprint density at radius 3 is 2.70 bits per heavy atom. The second-order valence-corrected chi connectivity index (χ2v) is 9.76. The van der Waals surface area contributed by atoms with Crippen LogP contribution in [0.4, 0.5) is 0 Å². The summed E-state index contributed by atoms with van der Waals surface area (Å²) in [6, 6.07) is 10.5. The molecule has 0 N–H and O–H groups in total. The molecular formula is C29H35NO3. The van der Waals surface area contributed by atoms with Crippen molar-refractivity contribution in [3.8, 4) is 11.5 Å². The molecule has 1 aromatic heterocycles. The van der Waals surface area contributed by atoms with Crippen molar-refractivity contribution in [3.05, 3.63) is 78.2 Å². The molecule has 1 aromatic carbocycles. The second-order valence-electron chi connectivity index (χ2n) is 9.76. The van der Waals surface area contributed by atoms with Crippen molar-refractivity contribution in [1.29, 1.82) is 0 Å². The largest absolute Gasteiger partial charge is 0.493 e. The fourth-order valence-corrected chi connectivity index (χ4v) is 5.25. The Morgan fingerprint density at radius 1 is 1.03 bits per heavy atom. The fourth-order valence-electron chi connectivity index (χ4n) is 5.25. The van der Waals surface area contributed by atoms with Crippen LogP contribution in [0.1, 0.15) is 62.2 Å². The summed E-state index contributed by atoms with van der Waals surface area (Å²) in [5.41, 5.74) is 2.53. The Balaban J connectivity index is 1.37. The van der Waals surface area contributed by atoms with Crippen LogP contribution in [0.3, 0.4) is 0 Å². The van der Waals surface area contributed by atoms with Gasteiger partial charge >= 0.3 is 0 Å². The van der Waals surface area contributed by atoms with Gasteiger partial charge < -0.3 is 14.2 Å². The molecule has 3 unspecified atom stereocenters. The number of hydrogen-bond donors (Lipinski definition) is 0. The molecule has 3 aliphatic rings. The first-order valence-electron chi connectivity index (χ1n) is 12.5. The van der Waals surface area contributed by atoms with Crippen molar-refractivity contribution in [3.63, 3.8) is 0 Å². The lowest BCUT2D eigenvalue weighted by molar-refractivity contribution is 0.0292. The topological polar surface area (TPSA) is 40.6 Å². The summed E-state index contributed by atoms with van der Waals surface area (Å²) in [4.78, 5) is 4.18. The molecule has 3 aliphatic carbocycles. The fraction of sp³-hybridized carbons (Fsp3) is 0.483. The van der Waals surface area contributed by atoms with Crippen LogP contribution in [0.25, 0.3) is 0 Å². The first-order chi connectivity index (χ1) is 16.3. The molecule has 174 valence electrons. The highest BCUT2D eigenvalue weighted by molar-refractivity contribution is 5.44. The van der Waals surface area contributed by atoms with Gasteiger partial charge in [0.05, 0.1) is 25.9 Å². The molecule has 0 radical (unpaired) electrons. The lowest BCUT2D eigenvalue weighted by Crippen LogP contribution is -2.20. The van der Waals surface area contributed by atoms with Crippen molar-refractivity contribution in [2.45, 2.75) is 63.6 Å². The van der Waals surface area contributed by atoms with E-state index in [0.717, 1.165) is 49.4 Å². The molecule has 4 nitrogen and oxygen atoms in total. The SMILES string of the molecule is COc1ccc(C(Cc2ccncc2)OCC23C=CCC=CC2C3)cc1OC1CCCCC1. The molecule has 0 bridgehead atoms. The van der Waals surface area contributed by atoms with Crippen LogP contribution in [0.15, 0.2) is 67.0 Å². The van der Waals surface area contributed by atoms with Crippen molar-refractivity contribution >= 4 is 0 Å². The number of aromatic nitrogens is 1. The summed E-state index contributed by atoms with van der Waals surface area (Å²) in [7, 11) is 1.71. The number of allylic oxidation sites excluding steroid dienone is 3. The summed E-state index contributed by atoms with van der Waals surface area (Å²) in [5.74, 6) is 2.24. The molecule has 1 heterocycles. The maximum atomic E-state index is 6.69. The van der Waals surface area contributed by atoms with Crippen molar-refractivity contribution in [2.24, 2.45) is 11.3 Å². The highest BCUT2D eigenvalue weighted by atomic mass is 16.5. The van der Waals surface area contributed by atoms with Gasteiger partial charge in [0, 0.05) is 24.2 Å². The van der Waals surface area contributed by atoms with Gasteiger partial charge in [-0.2, -0.15) is 0 Å². The molecule has 2 fully saturated rings. The second kappa shape index (κ2) is 10.1. The van der Waals surface area contributed by atoms with Gasteiger partial charge in [-0.15, -0.1) is 0 Å². The number of hydrogen-bond acceptors (Lipinski definition) is 4. The monoisotopic (exact) mass is 445 g/mol. The first kappa shape index (κ1) is 22.2. The minimum Gasteiger partial charge on any atom is -0.493 e. The van der Waals surface area contributed by atoms with E-state index in [9.17, 15) is 0 Å². The zero-order valence-corrected chi connectivity index (χ0v) is 19.6. The highest BCUT2D eigenvalue weighted by Crippen LogP contribution is 2.56. The molecule has 4 heteroatoms. The summed E-state index contributed by atoms with van der Waals surface area (Å²) >= 11 is 0. The van der Waals surface area contributed by atoms with Crippen molar-refractivity contribution in [2.75, 3.05) is 13.7 Å². The molecule has 2 saturated carbocycles. The van der Waals surface area contributed by atoms with Gasteiger partial charge in [-0.1, -0.05) is 36.8 Å². The van der Waals surface area contributed by atoms with Crippen LogP contribution >= 0.6 is 0 Å². The number of rotatable bonds is 9. The van der Waals surface area contributed by atoms with Crippen LogP contribution in [0, 0.1) is 11.3 Å². The number of methoxy groups -OCH3 is 1. The Labute approximate surface area is 197 Å². The lowest BCUT2D eigenvalue weighted by Gasteiger charge is -2.26. The molecule has 0 saturated heterocycles. The zero-order chi connectivity index (χ0) is 22.5. The van der Waals surface area contributed by atoms with Crippen LogP contribution in [0.2, 0.25) is 0 Å². The van der Waals surface area contributed by atoms with Crippen LogP contribution < -0.4 is 9.47 Å². The van der Waals surface area contributed by atoms with Crippen molar-refractivity contribution in [1.82, 2.24) is 4.98 Å². The van der Waals surface area contributed by atoms with Gasteiger partial charge in [0.25, 0.3) is 0 Å². The molecule has 5 rings (SSSR count). The third-order valence-corrected chi connectivity index (χ3v) is 7.40. The maximum Gasteiger partial charge on any atom is 0.161 e. The average molecular weight is 446 g/mol. The lowest BCUT2D eigenvalue weighted by atomic mass is 9.97. The third-order valence-electron chi connectivity index (χ3n) is 7.40. The van der Waals surface area contributed by atoms with Crippen LogP contribution in [-0.2, 0) is 11.2 Å². The van der Waals surface area contributed by atoms with E-state index < -0.39 is 0 Å². The Bertz CT molecular complexity index is 980. The smallest absolute Gasteiger partial charge is 0.161 e. The van der Waals surface area contributed by atoms with E-state index in [4.69, 9.17) is 14.2 Å². The number of pyridine rings is 1. The first-order valence-corrected chi connectivity index (χ1v) is 12.5. The van der Waals surface area contributed by atoms with E-state index in [0.29, 0.717) is 5.92 Å². The number of nitrogens with zero attached hydrogens (tertiary/aromatic N) is 1. The predicted molar refractivity (Wildman–Crippen MR) is 131 cm³/mol. The number of fused-ring (bicyclic) bond motifs is 1. The average Bonchev–Trinajstić information content (AvgIpc) is 3.58. The van der Waals surface area contributed by atoms with Gasteiger partial charge in [-0.05, 0) is 79.8 Å². The van der Waals surface area contributed by atoms with Gasteiger partial charge in [-0.25, -0.2) is 0 Å². The molecule has 2 aromatic rings. The summed E-state index contributed by atoms with van der Waals surface area (Å²) in [5, 5.41) is 0. The molecule has 3 atom stereocenters. The summed E-state index contributed by atoms with van der Waals surface area (Å²) < 4.78 is 18.8. The Hall–Kier alpha value is -2.59. The van der Waals surface area contributed by atoms with E-state index in [2.05, 4.69) is 53.6 Å².